The Morgan fingerprint density at radius 2 is 1.70 bits per heavy atom. The first-order valence-corrected chi connectivity index (χ1v) is 9.74. The molecule has 30 heavy (non-hydrogen) atoms. The van der Waals surface area contributed by atoms with Crippen molar-refractivity contribution >= 4 is 11.6 Å². The molecule has 0 aliphatic heterocycles. The van der Waals surface area contributed by atoms with Gasteiger partial charge in [-0.25, -0.2) is 0 Å². The molecule has 5 heteroatoms. The van der Waals surface area contributed by atoms with Gasteiger partial charge in [-0.2, -0.15) is 0 Å². The summed E-state index contributed by atoms with van der Waals surface area (Å²) in [6.45, 7) is 4.08. The Balaban J connectivity index is 1.87. The highest BCUT2D eigenvalue weighted by molar-refractivity contribution is 6.09. The number of aromatic amines is 1. The van der Waals surface area contributed by atoms with Crippen LogP contribution < -0.4 is 10.3 Å². The molecule has 4 rings (SSSR count). The predicted octanol–water partition coefficient (Wildman–Crippen LogP) is 5.10. The summed E-state index contributed by atoms with van der Waals surface area (Å²) in [5, 5.41) is 0. The maximum Gasteiger partial charge on any atom is 0.264 e. The van der Waals surface area contributed by atoms with Gasteiger partial charge in [0.1, 0.15) is 5.56 Å². The van der Waals surface area contributed by atoms with Crippen molar-refractivity contribution in [3.05, 3.63) is 112 Å². The molecule has 0 fully saturated rings. The van der Waals surface area contributed by atoms with E-state index in [2.05, 4.69) is 4.98 Å². The number of rotatable bonds is 5. The normalized spacial score (nSPS) is 10.7. The van der Waals surface area contributed by atoms with Crippen molar-refractivity contribution in [3.63, 3.8) is 0 Å². The van der Waals surface area contributed by atoms with Crippen LogP contribution in [0.2, 0.25) is 0 Å². The van der Waals surface area contributed by atoms with E-state index in [9.17, 15) is 9.59 Å². The fourth-order valence-electron chi connectivity index (χ4n) is 3.54. The number of amides is 1. The van der Waals surface area contributed by atoms with Crippen LogP contribution in [-0.2, 0) is 6.54 Å². The average molecular weight is 398 g/mol. The first-order chi connectivity index (χ1) is 14.5. The topological polar surface area (TPSA) is 66.3 Å². The lowest BCUT2D eigenvalue weighted by Crippen LogP contribution is -2.35. The van der Waals surface area contributed by atoms with Gasteiger partial charge in [-0.05, 0) is 43.2 Å². The predicted molar refractivity (Wildman–Crippen MR) is 118 cm³/mol. The minimum Gasteiger partial charge on any atom is -0.463 e. The van der Waals surface area contributed by atoms with Crippen LogP contribution in [-0.4, -0.2) is 10.9 Å². The Kier molecular flexibility index (Phi) is 5.35. The number of nitrogens with one attached hydrogen (secondary N) is 1. The number of aryl methyl sites for hydroxylation is 2. The molecular formula is C25H22N2O3. The molecule has 2 heterocycles. The third-order valence-electron chi connectivity index (χ3n) is 4.98. The highest BCUT2D eigenvalue weighted by Crippen LogP contribution is 2.27. The average Bonchev–Trinajstić information content (AvgIpc) is 3.27. The number of carbonyl (C=O) groups excluding carboxylic acids is 1. The number of aromatic nitrogens is 1. The molecule has 0 aliphatic carbocycles. The Labute approximate surface area is 174 Å². The minimum atomic E-state index is -0.374. The number of carbonyl (C=O) groups is 1. The van der Waals surface area contributed by atoms with Crippen LogP contribution in [0.3, 0.4) is 0 Å². The standard InChI is InChI=1S/C25H22N2O3/c1-17-9-6-7-12-20(17)27(16-19-10-4-3-5-11-19)25(29)23-21(28)15-18(2)26-24(23)22-13-8-14-30-22/h3-15H,16H2,1-2H3,(H,26,28). The molecule has 0 bridgehead atoms. The van der Waals surface area contributed by atoms with Crippen LogP contribution >= 0.6 is 0 Å². The molecule has 1 amide bonds. The molecule has 0 spiro atoms. The third-order valence-corrected chi connectivity index (χ3v) is 4.98. The van der Waals surface area contributed by atoms with Crippen LogP contribution in [0, 0.1) is 13.8 Å². The molecule has 2 aromatic carbocycles. The van der Waals surface area contributed by atoms with E-state index < -0.39 is 0 Å². The van der Waals surface area contributed by atoms with Gasteiger partial charge in [0, 0.05) is 17.4 Å². The number of pyridine rings is 1. The van der Waals surface area contributed by atoms with Crippen molar-refractivity contribution in [3.8, 4) is 11.5 Å². The molecule has 0 saturated carbocycles. The zero-order valence-corrected chi connectivity index (χ0v) is 16.9. The van der Waals surface area contributed by atoms with E-state index in [-0.39, 0.29) is 16.9 Å². The van der Waals surface area contributed by atoms with Crippen molar-refractivity contribution < 1.29 is 9.21 Å². The van der Waals surface area contributed by atoms with Gasteiger partial charge in [0.15, 0.2) is 11.2 Å². The molecule has 0 radical (unpaired) electrons. The second kappa shape index (κ2) is 8.25. The number of anilines is 1. The maximum atomic E-state index is 13.8. The maximum absolute atomic E-state index is 13.8. The smallest absolute Gasteiger partial charge is 0.264 e. The zero-order valence-electron chi connectivity index (χ0n) is 16.9. The SMILES string of the molecule is Cc1cc(=O)c(C(=O)N(Cc2ccccc2)c2ccccc2C)c(-c2ccco2)[nH]1. The first kappa shape index (κ1) is 19.5. The van der Waals surface area contributed by atoms with E-state index in [1.165, 1.54) is 12.3 Å². The van der Waals surface area contributed by atoms with Gasteiger partial charge in [-0.15, -0.1) is 0 Å². The third kappa shape index (κ3) is 3.82. The number of hydrogen-bond acceptors (Lipinski definition) is 3. The molecule has 5 nitrogen and oxygen atoms in total. The van der Waals surface area contributed by atoms with Crippen molar-refractivity contribution in [2.24, 2.45) is 0 Å². The monoisotopic (exact) mass is 398 g/mol. The molecule has 0 aliphatic rings. The summed E-state index contributed by atoms with van der Waals surface area (Å²) < 4.78 is 5.51. The molecule has 0 unspecified atom stereocenters. The second-order valence-electron chi connectivity index (χ2n) is 7.21. The molecule has 1 N–H and O–H groups in total. The van der Waals surface area contributed by atoms with Gasteiger partial charge in [-0.3, -0.25) is 9.59 Å². The Morgan fingerprint density at radius 3 is 2.40 bits per heavy atom. The van der Waals surface area contributed by atoms with Crippen LogP contribution in [0.5, 0.6) is 0 Å². The zero-order chi connectivity index (χ0) is 21.1. The summed E-state index contributed by atoms with van der Waals surface area (Å²) in [5.74, 6) is 0.0735. The Hall–Kier alpha value is -3.86. The van der Waals surface area contributed by atoms with Gasteiger partial charge in [0.05, 0.1) is 18.5 Å². The lowest BCUT2D eigenvalue weighted by Gasteiger charge is -2.25. The summed E-state index contributed by atoms with van der Waals surface area (Å²) in [5.41, 5.74) is 3.46. The Bertz CT molecular complexity index is 1230. The van der Waals surface area contributed by atoms with E-state index in [4.69, 9.17) is 4.42 Å². The number of benzene rings is 2. The minimum absolute atomic E-state index is 0.0646. The summed E-state index contributed by atoms with van der Waals surface area (Å²) in [6.07, 6.45) is 1.52. The second-order valence-corrected chi connectivity index (χ2v) is 7.21. The lowest BCUT2D eigenvalue weighted by molar-refractivity contribution is 0.0984. The molecule has 0 saturated heterocycles. The molecule has 0 atom stereocenters. The van der Waals surface area contributed by atoms with Crippen LogP contribution in [0.25, 0.3) is 11.5 Å². The summed E-state index contributed by atoms with van der Waals surface area (Å²) in [6, 6.07) is 22.3. The number of furan rings is 1. The molecular weight excluding hydrogens is 376 g/mol. The largest absolute Gasteiger partial charge is 0.463 e. The fourth-order valence-corrected chi connectivity index (χ4v) is 3.54. The van der Waals surface area contributed by atoms with Crippen molar-refractivity contribution in [1.29, 1.82) is 0 Å². The van der Waals surface area contributed by atoms with E-state index >= 15 is 0 Å². The highest BCUT2D eigenvalue weighted by atomic mass is 16.3. The first-order valence-electron chi connectivity index (χ1n) is 9.74. The van der Waals surface area contributed by atoms with Crippen LogP contribution in [0.15, 0.2) is 88.3 Å². The van der Waals surface area contributed by atoms with E-state index in [1.807, 2.05) is 61.5 Å². The van der Waals surface area contributed by atoms with E-state index in [0.717, 1.165) is 16.8 Å². The van der Waals surface area contributed by atoms with Gasteiger partial charge in [0.2, 0.25) is 0 Å². The van der Waals surface area contributed by atoms with E-state index in [1.54, 1.807) is 24.0 Å². The van der Waals surface area contributed by atoms with Gasteiger partial charge in [-0.1, -0.05) is 48.5 Å². The number of para-hydroxylation sites is 1. The van der Waals surface area contributed by atoms with Crippen LogP contribution in [0.4, 0.5) is 5.69 Å². The number of H-pyrrole nitrogens is 1. The quantitative estimate of drug-likeness (QED) is 0.509. The molecule has 2 aromatic heterocycles. The number of nitrogens with zero attached hydrogens (tertiary/aromatic N) is 1. The summed E-state index contributed by atoms with van der Waals surface area (Å²) in [4.78, 5) is 31.6. The molecule has 150 valence electrons. The molecule has 4 aromatic rings. The Morgan fingerprint density at radius 1 is 0.967 bits per heavy atom. The summed E-state index contributed by atoms with van der Waals surface area (Å²) in [7, 11) is 0. The van der Waals surface area contributed by atoms with Crippen molar-refractivity contribution in [2.75, 3.05) is 4.90 Å². The van der Waals surface area contributed by atoms with E-state index in [0.29, 0.717) is 23.7 Å². The van der Waals surface area contributed by atoms with Crippen molar-refractivity contribution in [2.45, 2.75) is 20.4 Å². The van der Waals surface area contributed by atoms with Crippen molar-refractivity contribution in [1.82, 2.24) is 4.98 Å². The fraction of sp³-hybridized carbons (Fsp3) is 0.120. The van der Waals surface area contributed by atoms with Gasteiger partial charge < -0.3 is 14.3 Å². The van der Waals surface area contributed by atoms with Crippen LogP contribution in [0.1, 0.15) is 27.2 Å². The lowest BCUT2D eigenvalue weighted by atomic mass is 10.1. The number of hydrogen-bond donors (Lipinski definition) is 1. The van der Waals surface area contributed by atoms with Gasteiger partial charge >= 0.3 is 0 Å². The highest BCUT2D eigenvalue weighted by Gasteiger charge is 2.26. The van der Waals surface area contributed by atoms with Gasteiger partial charge in [0.25, 0.3) is 5.91 Å². The summed E-state index contributed by atoms with van der Waals surface area (Å²) >= 11 is 0.